The number of carbonyl (C=O) groups excluding carboxylic acids is 2. The Morgan fingerprint density at radius 3 is 2.26 bits per heavy atom. The van der Waals surface area contributed by atoms with Gasteiger partial charge in [-0.3, -0.25) is 9.59 Å². The van der Waals surface area contributed by atoms with Crippen molar-refractivity contribution in [3.63, 3.8) is 0 Å². The Morgan fingerprint density at radius 1 is 0.971 bits per heavy atom. The first kappa shape index (κ1) is 22.4. The van der Waals surface area contributed by atoms with Crippen LogP contribution in [0.25, 0.3) is 11.1 Å². The van der Waals surface area contributed by atoms with Crippen LogP contribution in [-0.4, -0.2) is 54.5 Å². The van der Waals surface area contributed by atoms with Crippen LogP contribution >= 0.6 is 0 Å². The van der Waals surface area contributed by atoms with Crippen molar-refractivity contribution in [1.29, 1.82) is 0 Å². The first-order valence-corrected chi connectivity index (χ1v) is 11.8. The molecule has 178 valence electrons. The molecule has 5 rings (SSSR count). The van der Waals surface area contributed by atoms with Gasteiger partial charge in [0.05, 0.1) is 12.0 Å². The zero-order valence-electron chi connectivity index (χ0n) is 18.7. The van der Waals surface area contributed by atoms with E-state index in [2.05, 4.69) is 34.9 Å². The molecule has 0 spiro atoms. The van der Waals surface area contributed by atoms with Crippen LogP contribution in [0.2, 0.25) is 0 Å². The molecule has 2 aromatic carbocycles. The third kappa shape index (κ3) is 4.50. The summed E-state index contributed by atoms with van der Waals surface area (Å²) in [6.07, 6.45) is 0.804. The van der Waals surface area contributed by atoms with Gasteiger partial charge in [-0.2, -0.15) is 0 Å². The van der Waals surface area contributed by atoms with E-state index in [1.54, 1.807) is 0 Å². The number of benzene rings is 2. The summed E-state index contributed by atoms with van der Waals surface area (Å²) in [4.78, 5) is 35.6. The molecule has 8 nitrogen and oxygen atoms in total. The van der Waals surface area contributed by atoms with Crippen LogP contribution in [0.15, 0.2) is 48.5 Å². The molecule has 1 heterocycles. The first-order valence-electron chi connectivity index (χ1n) is 11.8. The van der Waals surface area contributed by atoms with E-state index >= 15 is 0 Å². The Hall–Kier alpha value is -3.39. The maximum Gasteiger partial charge on any atom is 0.407 e. The molecule has 2 fully saturated rings. The zero-order chi connectivity index (χ0) is 23.7. The summed E-state index contributed by atoms with van der Waals surface area (Å²) in [5.41, 5.74) is 4.67. The highest BCUT2D eigenvalue weighted by Gasteiger charge is 2.38. The summed E-state index contributed by atoms with van der Waals surface area (Å²) in [5, 5.41) is 14.6. The number of carbonyl (C=O) groups is 3. The summed E-state index contributed by atoms with van der Waals surface area (Å²) in [7, 11) is 0. The summed E-state index contributed by atoms with van der Waals surface area (Å²) in [6, 6.07) is 16.2. The van der Waals surface area contributed by atoms with Crippen LogP contribution in [0.5, 0.6) is 0 Å². The number of ether oxygens (including phenoxy) is 2. The molecule has 1 saturated heterocycles. The molecular weight excluding hydrogens is 436 g/mol. The number of fused-ring (bicyclic) bond motifs is 3. The van der Waals surface area contributed by atoms with Crippen LogP contribution in [0.3, 0.4) is 0 Å². The number of aliphatic carboxylic acids is 1. The van der Waals surface area contributed by atoms with Gasteiger partial charge in [-0.25, -0.2) is 4.79 Å². The smallest absolute Gasteiger partial charge is 0.407 e. The predicted octanol–water partition coefficient (Wildman–Crippen LogP) is 3.05. The second-order valence-electron chi connectivity index (χ2n) is 9.24. The van der Waals surface area contributed by atoms with Gasteiger partial charge in [0.1, 0.15) is 12.7 Å². The second-order valence-corrected chi connectivity index (χ2v) is 9.24. The molecule has 8 heteroatoms. The molecule has 0 bridgehead atoms. The van der Waals surface area contributed by atoms with Gasteiger partial charge in [-0.1, -0.05) is 48.5 Å². The summed E-state index contributed by atoms with van der Waals surface area (Å²) in [5.74, 6) is -1.40. The first-order chi connectivity index (χ1) is 16.5. The molecule has 3 aliphatic rings. The fourth-order valence-corrected chi connectivity index (χ4v) is 5.13. The van der Waals surface area contributed by atoms with E-state index in [4.69, 9.17) is 14.6 Å². The zero-order valence-corrected chi connectivity index (χ0v) is 18.7. The van der Waals surface area contributed by atoms with Crippen molar-refractivity contribution in [2.75, 3.05) is 13.2 Å². The number of alkyl carbamates (subject to hydrolysis) is 1. The van der Waals surface area contributed by atoms with Crippen molar-refractivity contribution < 1.29 is 29.0 Å². The third-order valence-electron chi connectivity index (χ3n) is 7.05. The topological polar surface area (TPSA) is 114 Å². The van der Waals surface area contributed by atoms with Crippen molar-refractivity contribution in [3.05, 3.63) is 59.7 Å². The minimum absolute atomic E-state index is 0.00110. The average Bonchev–Trinajstić information content (AvgIpc) is 3.41. The summed E-state index contributed by atoms with van der Waals surface area (Å²) in [6.45, 7) is 0.514. The normalized spacial score (nSPS) is 25.1. The molecule has 34 heavy (non-hydrogen) atoms. The van der Waals surface area contributed by atoms with Crippen molar-refractivity contribution in [1.82, 2.24) is 10.6 Å². The lowest BCUT2D eigenvalue weighted by Crippen LogP contribution is -2.49. The van der Waals surface area contributed by atoms with Gasteiger partial charge < -0.3 is 25.2 Å². The maximum atomic E-state index is 12.4. The van der Waals surface area contributed by atoms with Crippen LogP contribution in [0.1, 0.15) is 42.7 Å². The fourth-order valence-electron chi connectivity index (χ4n) is 5.13. The monoisotopic (exact) mass is 464 g/mol. The Labute approximate surface area is 197 Å². The second kappa shape index (κ2) is 9.46. The van der Waals surface area contributed by atoms with Gasteiger partial charge >= 0.3 is 12.1 Å². The number of amides is 2. The fraction of sp³-hybridized carbons (Fsp3) is 0.423. The van der Waals surface area contributed by atoms with E-state index in [1.165, 1.54) is 11.1 Å². The molecule has 0 radical (unpaired) electrons. The lowest BCUT2D eigenvalue weighted by molar-refractivity contribution is -0.147. The van der Waals surface area contributed by atoms with E-state index in [0.29, 0.717) is 25.7 Å². The molecule has 1 saturated carbocycles. The van der Waals surface area contributed by atoms with E-state index in [9.17, 15) is 14.4 Å². The number of carboxylic acid groups (broad SMARTS) is 1. The molecule has 2 unspecified atom stereocenters. The summed E-state index contributed by atoms with van der Waals surface area (Å²) < 4.78 is 11.3. The molecule has 2 amide bonds. The Morgan fingerprint density at radius 2 is 1.62 bits per heavy atom. The molecule has 3 N–H and O–H groups in total. The largest absolute Gasteiger partial charge is 0.481 e. The van der Waals surface area contributed by atoms with Gasteiger partial charge in [0.2, 0.25) is 5.91 Å². The quantitative estimate of drug-likeness (QED) is 0.580. The van der Waals surface area contributed by atoms with Crippen molar-refractivity contribution >= 4 is 18.0 Å². The van der Waals surface area contributed by atoms with Gasteiger partial charge in [0, 0.05) is 18.5 Å². The van der Waals surface area contributed by atoms with E-state index in [1.807, 2.05) is 24.3 Å². The standard InChI is InChI=1S/C26H28N2O6/c29-24(28-16-11-15(12-16)25(30)31)23-10-9-17(34-23)13-27-26(32)33-14-22-20-7-3-1-5-18(20)19-6-2-4-8-21(19)22/h1-8,15-17,22-23H,9-14H2,(H,27,32)(H,28,29)(H,30,31). The number of hydrogen-bond donors (Lipinski definition) is 3. The third-order valence-corrected chi connectivity index (χ3v) is 7.05. The highest BCUT2D eigenvalue weighted by molar-refractivity contribution is 5.82. The molecule has 2 aliphatic carbocycles. The van der Waals surface area contributed by atoms with Crippen LogP contribution < -0.4 is 10.6 Å². The number of nitrogens with one attached hydrogen (secondary N) is 2. The Kier molecular flexibility index (Phi) is 6.24. The van der Waals surface area contributed by atoms with Crippen molar-refractivity contribution in [2.24, 2.45) is 5.92 Å². The lowest BCUT2D eigenvalue weighted by atomic mass is 9.80. The highest BCUT2D eigenvalue weighted by atomic mass is 16.5. The van der Waals surface area contributed by atoms with Crippen LogP contribution in [0.4, 0.5) is 4.79 Å². The number of rotatable bonds is 7. The Balaban J connectivity index is 1.06. The molecule has 0 aromatic heterocycles. The van der Waals surface area contributed by atoms with Crippen LogP contribution in [-0.2, 0) is 19.1 Å². The minimum atomic E-state index is -0.818. The minimum Gasteiger partial charge on any atom is -0.481 e. The SMILES string of the molecule is O=C(NCC1CCC(C(=O)NC2CC(C(=O)O)C2)O1)OCC1c2ccccc2-c2ccccc21. The van der Waals surface area contributed by atoms with E-state index in [-0.39, 0.29) is 43.0 Å². The van der Waals surface area contributed by atoms with Crippen molar-refractivity contribution in [2.45, 2.75) is 49.9 Å². The highest BCUT2D eigenvalue weighted by Crippen LogP contribution is 2.44. The molecule has 1 aliphatic heterocycles. The number of carboxylic acids is 1. The number of hydrogen-bond acceptors (Lipinski definition) is 5. The van der Waals surface area contributed by atoms with Gasteiger partial charge in [-0.15, -0.1) is 0 Å². The Bertz CT molecular complexity index is 1050. The average molecular weight is 465 g/mol. The van der Waals surface area contributed by atoms with Gasteiger partial charge in [-0.05, 0) is 47.9 Å². The maximum absolute atomic E-state index is 12.4. The lowest BCUT2D eigenvalue weighted by Gasteiger charge is -2.33. The summed E-state index contributed by atoms with van der Waals surface area (Å²) >= 11 is 0. The van der Waals surface area contributed by atoms with E-state index in [0.717, 1.165) is 11.1 Å². The molecular formula is C26H28N2O6. The van der Waals surface area contributed by atoms with Crippen LogP contribution in [0, 0.1) is 5.92 Å². The molecule has 2 aromatic rings. The van der Waals surface area contributed by atoms with E-state index < -0.39 is 18.2 Å². The van der Waals surface area contributed by atoms with Gasteiger partial charge in [0.15, 0.2) is 0 Å². The van der Waals surface area contributed by atoms with Gasteiger partial charge in [0.25, 0.3) is 0 Å². The van der Waals surface area contributed by atoms with Crippen molar-refractivity contribution in [3.8, 4) is 11.1 Å². The predicted molar refractivity (Wildman–Crippen MR) is 123 cm³/mol. The molecule has 2 atom stereocenters.